The first-order valence-corrected chi connectivity index (χ1v) is 11.9. The van der Waals surface area contributed by atoms with Crippen molar-refractivity contribution in [2.75, 3.05) is 11.5 Å². The van der Waals surface area contributed by atoms with E-state index in [0.29, 0.717) is 38.6 Å². The van der Waals surface area contributed by atoms with Gasteiger partial charge in [-0.2, -0.15) is 0 Å². The van der Waals surface area contributed by atoms with Crippen molar-refractivity contribution in [1.82, 2.24) is 4.98 Å². The quantitative estimate of drug-likeness (QED) is 0.245. The predicted molar refractivity (Wildman–Crippen MR) is 135 cm³/mol. The number of hydrogen-bond donors (Lipinski definition) is 0. The van der Waals surface area contributed by atoms with Crippen molar-refractivity contribution in [3.63, 3.8) is 0 Å². The average molecular weight is 507 g/mol. The van der Waals surface area contributed by atoms with Gasteiger partial charge in [-0.25, -0.2) is 4.98 Å². The number of anilines is 1. The van der Waals surface area contributed by atoms with Gasteiger partial charge in [0.2, 0.25) is 5.76 Å². The van der Waals surface area contributed by atoms with Gasteiger partial charge in [-0.3, -0.25) is 19.3 Å². The molecule has 1 aliphatic heterocycles. The fraction of sp³-hybridized carbons (Fsp3) is 0.154. The number of ether oxygens (including phenoxy) is 1. The summed E-state index contributed by atoms with van der Waals surface area (Å²) in [6, 6.07) is 11.0. The van der Waals surface area contributed by atoms with E-state index in [9.17, 15) is 14.4 Å². The summed E-state index contributed by atoms with van der Waals surface area (Å²) in [5.41, 5.74) is 1.23. The van der Waals surface area contributed by atoms with Crippen LogP contribution in [-0.4, -0.2) is 23.3 Å². The number of benzene rings is 2. The summed E-state index contributed by atoms with van der Waals surface area (Å²) in [6.07, 6.45) is 1.62. The van der Waals surface area contributed by atoms with E-state index in [1.807, 2.05) is 0 Å². The average Bonchev–Trinajstić information content (AvgIpc) is 3.36. The number of amides is 1. The van der Waals surface area contributed by atoms with Crippen LogP contribution in [0.3, 0.4) is 0 Å². The smallest absolute Gasteiger partial charge is 0.297 e. The highest BCUT2D eigenvalue weighted by Gasteiger charge is 2.45. The summed E-state index contributed by atoms with van der Waals surface area (Å²) in [4.78, 5) is 45.9. The van der Waals surface area contributed by atoms with Crippen LogP contribution in [0.1, 0.15) is 50.0 Å². The van der Waals surface area contributed by atoms with Gasteiger partial charge < -0.3 is 9.15 Å². The first-order chi connectivity index (χ1) is 16.8. The van der Waals surface area contributed by atoms with Gasteiger partial charge in [0.15, 0.2) is 16.3 Å². The molecule has 2 aromatic heterocycles. The Balaban J connectivity index is 1.77. The fourth-order valence-electron chi connectivity index (χ4n) is 4.20. The van der Waals surface area contributed by atoms with Gasteiger partial charge in [-0.05, 0) is 42.8 Å². The van der Waals surface area contributed by atoms with Crippen LogP contribution in [0.4, 0.5) is 5.13 Å². The summed E-state index contributed by atoms with van der Waals surface area (Å²) in [7, 11) is 0. The molecule has 1 atom stereocenters. The normalized spacial score (nSPS) is 14.9. The van der Waals surface area contributed by atoms with E-state index in [4.69, 9.17) is 20.8 Å². The van der Waals surface area contributed by atoms with Crippen molar-refractivity contribution >= 4 is 50.7 Å². The van der Waals surface area contributed by atoms with E-state index in [1.165, 1.54) is 17.9 Å². The van der Waals surface area contributed by atoms with Crippen LogP contribution >= 0.6 is 22.9 Å². The standard InChI is InChI=1S/C26H19ClN2O5S/c1-4-10-33-17-7-5-6-15(11-17)21-20-22(31)18-12-16(27)8-9-19(18)34-23(20)25(32)29(21)26-28-13(2)24(35-26)14(3)30/h4-9,11-12,21H,1,10H2,2-3H3. The molecule has 0 fully saturated rings. The van der Waals surface area contributed by atoms with Crippen LogP contribution in [0.5, 0.6) is 5.75 Å². The molecule has 176 valence electrons. The Hall–Kier alpha value is -3.75. The molecule has 0 saturated carbocycles. The highest BCUT2D eigenvalue weighted by atomic mass is 35.5. The van der Waals surface area contributed by atoms with Crippen molar-refractivity contribution in [1.29, 1.82) is 0 Å². The number of halogens is 1. The van der Waals surface area contributed by atoms with Crippen molar-refractivity contribution in [3.8, 4) is 5.75 Å². The number of carbonyl (C=O) groups is 2. The van der Waals surface area contributed by atoms with Crippen molar-refractivity contribution in [2.45, 2.75) is 19.9 Å². The van der Waals surface area contributed by atoms with Gasteiger partial charge in [-0.1, -0.05) is 47.7 Å². The minimum absolute atomic E-state index is 0.0653. The van der Waals surface area contributed by atoms with Gasteiger partial charge >= 0.3 is 0 Å². The van der Waals surface area contributed by atoms with E-state index in [1.54, 1.807) is 49.4 Å². The minimum Gasteiger partial charge on any atom is -0.490 e. The molecule has 4 aromatic rings. The number of thiazole rings is 1. The molecule has 1 unspecified atom stereocenters. The largest absolute Gasteiger partial charge is 0.490 e. The van der Waals surface area contributed by atoms with Crippen LogP contribution < -0.4 is 15.1 Å². The zero-order valence-electron chi connectivity index (χ0n) is 18.8. The molecule has 9 heteroatoms. The summed E-state index contributed by atoms with van der Waals surface area (Å²) in [6.45, 7) is 7.12. The monoisotopic (exact) mass is 506 g/mol. The maximum atomic E-state index is 13.7. The summed E-state index contributed by atoms with van der Waals surface area (Å²) >= 11 is 7.25. The van der Waals surface area contributed by atoms with Gasteiger partial charge in [0.1, 0.15) is 17.9 Å². The van der Waals surface area contributed by atoms with Crippen LogP contribution in [0, 0.1) is 6.92 Å². The molecule has 35 heavy (non-hydrogen) atoms. The number of aromatic nitrogens is 1. The first-order valence-electron chi connectivity index (χ1n) is 10.7. The third kappa shape index (κ3) is 3.84. The fourth-order valence-corrected chi connectivity index (χ4v) is 5.36. The predicted octanol–water partition coefficient (Wildman–Crippen LogP) is 5.73. The Morgan fingerprint density at radius 2 is 2.09 bits per heavy atom. The Labute approximate surface area is 209 Å². The lowest BCUT2D eigenvalue weighted by molar-refractivity contribution is 0.0969. The lowest BCUT2D eigenvalue weighted by atomic mass is 9.98. The van der Waals surface area contributed by atoms with Gasteiger partial charge in [0.05, 0.1) is 27.6 Å². The second-order valence-electron chi connectivity index (χ2n) is 8.03. The molecular formula is C26H19ClN2O5S. The molecule has 1 aliphatic rings. The molecule has 0 spiro atoms. The molecule has 7 nitrogen and oxygen atoms in total. The lowest BCUT2D eigenvalue weighted by Gasteiger charge is -2.23. The number of hydrogen-bond acceptors (Lipinski definition) is 7. The highest BCUT2D eigenvalue weighted by Crippen LogP contribution is 2.43. The second kappa shape index (κ2) is 8.79. The third-order valence-corrected chi connectivity index (χ3v) is 7.18. The number of fused-ring (bicyclic) bond motifs is 2. The Kier molecular flexibility index (Phi) is 5.78. The molecule has 0 saturated heterocycles. The lowest BCUT2D eigenvalue weighted by Crippen LogP contribution is -2.29. The Morgan fingerprint density at radius 1 is 1.29 bits per heavy atom. The number of rotatable bonds is 6. The second-order valence-corrected chi connectivity index (χ2v) is 9.45. The summed E-state index contributed by atoms with van der Waals surface area (Å²) < 4.78 is 11.6. The topological polar surface area (TPSA) is 89.7 Å². The zero-order chi connectivity index (χ0) is 24.9. The number of carbonyl (C=O) groups excluding carboxylic acids is 2. The SMILES string of the molecule is C=CCOc1cccc(C2c3c(oc4ccc(Cl)cc4c3=O)C(=O)N2c2nc(C)c(C(C)=O)s2)c1. The van der Waals surface area contributed by atoms with Gasteiger partial charge in [-0.15, -0.1) is 0 Å². The van der Waals surface area contributed by atoms with E-state index < -0.39 is 11.9 Å². The van der Waals surface area contributed by atoms with Crippen LogP contribution in [0.25, 0.3) is 11.0 Å². The van der Waals surface area contributed by atoms with Gasteiger partial charge in [0.25, 0.3) is 5.91 Å². The molecule has 0 N–H and O–H groups in total. The van der Waals surface area contributed by atoms with E-state index in [2.05, 4.69) is 11.6 Å². The molecule has 2 aromatic carbocycles. The van der Waals surface area contributed by atoms with E-state index in [-0.39, 0.29) is 33.5 Å². The molecule has 3 heterocycles. The number of Topliss-reactive ketones (excluding diaryl/α,β-unsaturated/α-hetero) is 1. The first kappa shape index (κ1) is 23.0. The molecule has 0 radical (unpaired) electrons. The molecule has 5 rings (SSSR count). The summed E-state index contributed by atoms with van der Waals surface area (Å²) in [5, 5.41) is 0.951. The molecule has 0 aliphatic carbocycles. The Bertz CT molecular complexity index is 1590. The number of aryl methyl sites for hydroxylation is 1. The van der Waals surface area contributed by atoms with Crippen LogP contribution in [0.15, 0.2) is 64.3 Å². The van der Waals surface area contributed by atoms with Crippen LogP contribution in [0.2, 0.25) is 5.02 Å². The van der Waals surface area contributed by atoms with Gasteiger partial charge in [0, 0.05) is 11.9 Å². The number of nitrogens with zero attached hydrogens (tertiary/aromatic N) is 2. The maximum Gasteiger partial charge on any atom is 0.297 e. The third-order valence-electron chi connectivity index (χ3n) is 5.69. The van der Waals surface area contributed by atoms with E-state index >= 15 is 0 Å². The van der Waals surface area contributed by atoms with E-state index in [0.717, 1.165) is 11.3 Å². The molecular weight excluding hydrogens is 488 g/mol. The maximum absolute atomic E-state index is 13.7. The summed E-state index contributed by atoms with van der Waals surface area (Å²) in [5.74, 6) is -0.178. The number of ketones is 1. The van der Waals surface area contributed by atoms with Crippen LogP contribution in [-0.2, 0) is 0 Å². The zero-order valence-corrected chi connectivity index (χ0v) is 20.4. The highest BCUT2D eigenvalue weighted by molar-refractivity contribution is 7.17. The van der Waals surface area contributed by atoms with Crippen molar-refractivity contribution in [3.05, 3.63) is 97.8 Å². The Morgan fingerprint density at radius 3 is 2.80 bits per heavy atom. The molecule has 1 amide bonds. The molecule has 0 bridgehead atoms. The van der Waals surface area contributed by atoms with Crippen molar-refractivity contribution in [2.24, 2.45) is 0 Å². The minimum atomic E-state index is -0.838. The van der Waals surface area contributed by atoms with Crippen molar-refractivity contribution < 1.29 is 18.7 Å².